The van der Waals surface area contributed by atoms with Gasteiger partial charge in [0.15, 0.2) is 0 Å². The van der Waals surface area contributed by atoms with Crippen LogP contribution in [0, 0.1) is 12.7 Å². The summed E-state index contributed by atoms with van der Waals surface area (Å²) in [6, 6.07) is 5.95. The molecule has 0 radical (unpaired) electrons. The molecule has 1 aromatic heterocycles. The molecule has 0 bridgehead atoms. The van der Waals surface area contributed by atoms with Crippen molar-refractivity contribution in [2.45, 2.75) is 6.92 Å². The van der Waals surface area contributed by atoms with Crippen molar-refractivity contribution in [3.05, 3.63) is 46.1 Å². The maximum atomic E-state index is 14.0. The quantitative estimate of drug-likeness (QED) is 0.828. The minimum Gasteiger partial charge on any atom is -0.465 e. The second-order valence-corrected chi connectivity index (χ2v) is 6.92. The van der Waals surface area contributed by atoms with Crippen LogP contribution in [-0.4, -0.2) is 45.3 Å². The number of nitrogens with one attached hydrogen (secondary N) is 1. The highest BCUT2D eigenvalue weighted by molar-refractivity contribution is 7.18. The summed E-state index contributed by atoms with van der Waals surface area (Å²) < 4.78 is 24.0. The van der Waals surface area contributed by atoms with E-state index in [1.54, 1.807) is 19.1 Å². The largest absolute Gasteiger partial charge is 0.465 e. The van der Waals surface area contributed by atoms with E-state index >= 15 is 0 Å². The van der Waals surface area contributed by atoms with Crippen molar-refractivity contribution in [3.8, 4) is 0 Å². The molecule has 1 aliphatic heterocycles. The molecule has 0 saturated carbocycles. The summed E-state index contributed by atoms with van der Waals surface area (Å²) in [7, 11) is 1.31. The van der Waals surface area contributed by atoms with Crippen LogP contribution in [0.15, 0.2) is 24.3 Å². The van der Waals surface area contributed by atoms with Gasteiger partial charge in [-0.1, -0.05) is 0 Å². The molecule has 0 aliphatic carbocycles. The summed E-state index contributed by atoms with van der Waals surface area (Å²) in [5, 5.41) is 3.22. The van der Waals surface area contributed by atoms with E-state index in [-0.39, 0.29) is 5.56 Å². The summed E-state index contributed by atoms with van der Waals surface area (Å²) in [6.45, 7) is 4.21. The lowest BCUT2D eigenvalue weighted by Gasteiger charge is -2.29. The van der Waals surface area contributed by atoms with Gasteiger partial charge in [-0.15, -0.1) is 11.3 Å². The summed E-state index contributed by atoms with van der Waals surface area (Å²) in [5.74, 6) is -1.36. The molecule has 2 heterocycles. The lowest BCUT2D eigenvalue weighted by atomic mass is 10.1. The molecule has 138 valence electrons. The molecule has 0 spiro atoms. The third-order valence-corrected chi connectivity index (χ3v) is 5.18. The van der Waals surface area contributed by atoms with Crippen LogP contribution in [0.1, 0.15) is 25.6 Å². The molecule has 0 atom stereocenters. The van der Waals surface area contributed by atoms with E-state index in [4.69, 9.17) is 9.47 Å². The highest BCUT2D eigenvalue weighted by Gasteiger charge is 2.18. The fourth-order valence-corrected chi connectivity index (χ4v) is 3.72. The van der Waals surface area contributed by atoms with Gasteiger partial charge in [0.2, 0.25) is 0 Å². The van der Waals surface area contributed by atoms with E-state index in [1.807, 2.05) is 4.90 Å². The SMILES string of the molecule is COC(=O)c1sc(NC(=O)c2cc(F)cc(N3CCOCC3)c2)cc1C. The Bertz CT molecular complexity index is 831. The van der Waals surface area contributed by atoms with E-state index in [0.29, 0.717) is 47.4 Å². The summed E-state index contributed by atoms with van der Waals surface area (Å²) in [5.41, 5.74) is 1.58. The van der Waals surface area contributed by atoms with Crippen LogP contribution in [0.3, 0.4) is 0 Å². The predicted molar refractivity (Wildman–Crippen MR) is 97.8 cm³/mol. The van der Waals surface area contributed by atoms with Gasteiger partial charge in [-0.05, 0) is 36.8 Å². The first-order valence-corrected chi connectivity index (χ1v) is 8.93. The molecule has 1 amide bonds. The molecule has 1 saturated heterocycles. The van der Waals surface area contributed by atoms with E-state index < -0.39 is 17.7 Å². The lowest BCUT2D eigenvalue weighted by Crippen LogP contribution is -2.36. The Kier molecular flexibility index (Phi) is 5.53. The number of hydrogen-bond donors (Lipinski definition) is 1. The van der Waals surface area contributed by atoms with E-state index in [9.17, 15) is 14.0 Å². The van der Waals surface area contributed by atoms with Crippen molar-refractivity contribution < 1.29 is 23.5 Å². The molecule has 1 fully saturated rings. The zero-order chi connectivity index (χ0) is 18.7. The van der Waals surface area contributed by atoms with Crippen molar-refractivity contribution in [2.24, 2.45) is 0 Å². The number of nitrogens with zero attached hydrogens (tertiary/aromatic N) is 1. The van der Waals surface area contributed by atoms with Gasteiger partial charge in [0.1, 0.15) is 10.7 Å². The number of rotatable bonds is 4. The first kappa shape index (κ1) is 18.3. The Balaban J connectivity index is 1.79. The van der Waals surface area contributed by atoms with Gasteiger partial charge >= 0.3 is 5.97 Å². The first-order chi connectivity index (χ1) is 12.5. The molecule has 8 heteroatoms. The Labute approximate surface area is 154 Å². The van der Waals surface area contributed by atoms with Crippen molar-refractivity contribution >= 4 is 33.9 Å². The summed E-state index contributed by atoms with van der Waals surface area (Å²) >= 11 is 1.12. The molecule has 3 rings (SSSR count). The van der Waals surface area contributed by atoms with Crippen molar-refractivity contribution in [2.75, 3.05) is 43.6 Å². The van der Waals surface area contributed by atoms with Crippen molar-refractivity contribution in [3.63, 3.8) is 0 Å². The number of methoxy groups -OCH3 is 1. The van der Waals surface area contributed by atoms with Crippen molar-refractivity contribution in [1.82, 2.24) is 0 Å². The number of aryl methyl sites for hydroxylation is 1. The number of esters is 1. The van der Waals surface area contributed by atoms with Gasteiger partial charge in [-0.25, -0.2) is 9.18 Å². The molecule has 0 unspecified atom stereocenters. The Morgan fingerprint density at radius 2 is 1.96 bits per heavy atom. The molecular formula is C18H19FN2O4S. The monoisotopic (exact) mass is 378 g/mol. The number of ether oxygens (including phenoxy) is 2. The maximum absolute atomic E-state index is 14.0. The van der Waals surface area contributed by atoms with Crippen LogP contribution in [0.2, 0.25) is 0 Å². The highest BCUT2D eigenvalue weighted by atomic mass is 32.1. The highest BCUT2D eigenvalue weighted by Crippen LogP contribution is 2.28. The number of carbonyl (C=O) groups is 2. The minimum absolute atomic E-state index is 0.220. The van der Waals surface area contributed by atoms with Crippen LogP contribution in [-0.2, 0) is 9.47 Å². The molecule has 1 N–H and O–H groups in total. The van der Waals surface area contributed by atoms with Gasteiger partial charge in [0, 0.05) is 24.3 Å². The molecule has 1 aromatic carbocycles. The molecular weight excluding hydrogens is 359 g/mol. The smallest absolute Gasteiger partial charge is 0.348 e. The fraction of sp³-hybridized carbons (Fsp3) is 0.333. The summed E-state index contributed by atoms with van der Waals surface area (Å²) in [6.07, 6.45) is 0. The van der Waals surface area contributed by atoms with Gasteiger partial charge in [0.25, 0.3) is 5.91 Å². The fourth-order valence-electron chi connectivity index (χ4n) is 2.73. The zero-order valence-electron chi connectivity index (χ0n) is 14.5. The number of carbonyl (C=O) groups excluding carboxylic acids is 2. The number of amides is 1. The Hall–Kier alpha value is -2.45. The number of anilines is 2. The third-order valence-electron chi connectivity index (χ3n) is 4.05. The average molecular weight is 378 g/mol. The number of morpholine rings is 1. The molecule has 26 heavy (non-hydrogen) atoms. The van der Waals surface area contributed by atoms with Gasteiger partial charge in [0.05, 0.1) is 25.3 Å². The molecule has 2 aromatic rings. The third kappa shape index (κ3) is 4.03. The molecule has 1 aliphatic rings. The van der Waals surface area contributed by atoms with Crippen LogP contribution < -0.4 is 10.2 Å². The van der Waals surface area contributed by atoms with Gasteiger partial charge in [-0.3, -0.25) is 4.79 Å². The second-order valence-electron chi connectivity index (χ2n) is 5.87. The topological polar surface area (TPSA) is 67.9 Å². The van der Waals surface area contributed by atoms with E-state index in [2.05, 4.69) is 5.32 Å². The average Bonchev–Trinajstić information content (AvgIpc) is 3.01. The number of thiophene rings is 1. The van der Waals surface area contributed by atoms with Crippen LogP contribution in [0.4, 0.5) is 15.1 Å². The zero-order valence-corrected chi connectivity index (χ0v) is 15.3. The van der Waals surface area contributed by atoms with Crippen LogP contribution in [0.5, 0.6) is 0 Å². The second kappa shape index (κ2) is 7.84. The Morgan fingerprint density at radius 3 is 2.65 bits per heavy atom. The van der Waals surface area contributed by atoms with Crippen molar-refractivity contribution in [1.29, 1.82) is 0 Å². The minimum atomic E-state index is -0.475. The predicted octanol–water partition coefficient (Wildman–Crippen LogP) is 3.07. The maximum Gasteiger partial charge on any atom is 0.348 e. The summed E-state index contributed by atoms with van der Waals surface area (Å²) in [4.78, 5) is 26.6. The number of hydrogen-bond acceptors (Lipinski definition) is 6. The molecule has 6 nitrogen and oxygen atoms in total. The van der Waals surface area contributed by atoms with Gasteiger partial charge in [-0.2, -0.15) is 0 Å². The van der Waals surface area contributed by atoms with Crippen LogP contribution in [0.25, 0.3) is 0 Å². The number of halogens is 1. The Morgan fingerprint density at radius 1 is 1.23 bits per heavy atom. The van der Waals surface area contributed by atoms with Gasteiger partial charge < -0.3 is 19.7 Å². The normalized spacial score (nSPS) is 14.2. The first-order valence-electron chi connectivity index (χ1n) is 8.11. The standard InChI is InChI=1S/C18H19FN2O4S/c1-11-7-15(26-16(11)18(23)24-2)20-17(22)12-8-13(19)10-14(9-12)21-3-5-25-6-4-21/h7-10H,3-6H2,1-2H3,(H,20,22). The number of benzene rings is 1. The van der Waals surface area contributed by atoms with Crippen LogP contribution >= 0.6 is 11.3 Å². The van der Waals surface area contributed by atoms with E-state index in [0.717, 1.165) is 11.3 Å². The lowest BCUT2D eigenvalue weighted by molar-refractivity contribution is 0.0605. The van der Waals surface area contributed by atoms with E-state index in [1.165, 1.54) is 19.2 Å².